The number of nitrogens with zero attached hydrogens (tertiary/aromatic N) is 2. The Balaban J connectivity index is 1.59. The van der Waals surface area contributed by atoms with Crippen molar-refractivity contribution < 1.29 is 4.79 Å². The van der Waals surface area contributed by atoms with E-state index < -0.39 is 0 Å². The summed E-state index contributed by atoms with van der Waals surface area (Å²) < 4.78 is 0. The number of amides is 2. The molecular weight excluding hydrogens is 306 g/mol. The third-order valence-corrected chi connectivity index (χ3v) is 6.26. The number of nitrogens with one attached hydrogen (secondary N) is 1. The number of carbonyl (C=O) groups excluding carboxylic acids is 1. The first-order chi connectivity index (χ1) is 11.1. The SMILES string of the molecule is CC1CCN(C(CNC(=O)N2CCC(C)C2)c2cccs2)CC1. The van der Waals surface area contributed by atoms with Gasteiger partial charge in [0.2, 0.25) is 0 Å². The van der Waals surface area contributed by atoms with Gasteiger partial charge in [0.05, 0.1) is 6.04 Å². The summed E-state index contributed by atoms with van der Waals surface area (Å²) in [5.74, 6) is 1.47. The minimum Gasteiger partial charge on any atom is -0.336 e. The van der Waals surface area contributed by atoms with Crippen LogP contribution in [0.3, 0.4) is 0 Å². The highest BCUT2D eigenvalue weighted by Crippen LogP contribution is 2.29. The van der Waals surface area contributed by atoms with Crippen molar-refractivity contribution >= 4 is 17.4 Å². The van der Waals surface area contributed by atoms with Gasteiger partial charge in [-0.3, -0.25) is 4.90 Å². The van der Waals surface area contributed by atoms with E-state index in [1.807, 2.05) is 4.90 Å². The third kappa shape index (κ3) is 4.27. The van der Waals surface area contributed by atoms with Crippen molar-refractivity contribution in [3.63, 3.8) is 0 Å². The number of carbonyl (C=O) groups is 1. The first-order valence-corrected chi connectivity index (χ1v) is 9.81. The standard InChI is InChI=1S/C18H29N3OS/c1-14-5-8-20(9-6-14)16(17-4-3-11-23-17)12-19-18(22)21-10-7-15(2)13-21/h3-4,11,14-16H,5-10,12-13H2,1-2H3,(H,19,22). The maximum Gasteiger partial charge on any atom is 0.317 e. The normalized spacial score (nSPS) is 24.8. The van der Waals surface area contributed by atoms with Crippen LogP contribution in [0, 0.1) is 11.8 Å². The van der Waals surface area contributed by atoms with E-state index in [9.17, 15) is 4.79 Å². The van der Waals surface area contributed by atoms with Gasteiger partial charge in [0.1, 0.15) is 0 Å². The molecule has 128 valence electrons. The lowest BCUT2D eigenvalue weighted by Crippen LogP contribution is -2.45. The molecule has 0 bridgehead atoms. The number of thiophene rings is 1. The number of rotatable bonds is 4. The van der Waals surface area contributed by atoms with Crippen molar-refractivity contribution in [1.29, 1.82) is 0 Å². The molecule has 0 spiro atoms. The molecule has 2 aliphatic heterocycles. The molecule has 4 nitrogen and oxygen atoms in total. The van der Waals surface area contributed by atoms with Crippen LogP contribution < -0.4 is 5.32 Å². The Hall–Kier alpha value is -1.07. The predicted octanol–water partition coefficient (Wildman–Crippen LogP) is 3.57. The summed E-state index contributed by atoms with van der Waals surface area (Å²) in [4.78, 5) is 18.3. The number of hydrogen-bond acceptors (Lipinski definition) is 3. The molecule has 2 fully saturated rings. The van der Waals surface area contributed by atoms with E-state index in [4.69, 9.17) is 0 Å². The van der Waals surface area contributed by atoms with Crippen LogP contribution in [0.5, 0.6) is 0 Å². The predicted molar refractivity (Wildman–Crippen MR) is 95.8 cm³/mol. The summed E-state index contributed by atoms with van der Waals surface area (Å²) in [7, 11) is 0. The lowest BCUT2D eigenvalue weighted by atomic mass is 9.97. The van der Waals surface area contributed by atoms with E-state index in [0.29, 0.717) is 12.0 Å². The van der Waals surface area contributed by atoms with Gasteiger partial charge in [-0.15, -0.1) is 11.3 Å². The highest BCUT2D eigenvalue weighted by Gasteiger charge is 2.28. The van der Waals surface area contributed by atoms with Crippen molar-refractivity contribution in [2.45, 2.75) is 39.2 Å². The molecule has 0 saturated carbocycles. The van der Waals surface area contributed by atoms with Gasteiger partial charge in [0, 0.05) is 24.5 Å². The molecule has 2 unspecified atom stereocenters. The molecule has 0 aromatic carbocycles. The van der Waals surface area contributed by atoms with Crippen molar-refractivity contribution in [2.24, 2.45) is 11.8 Å². The van der Waals surface area contributed by atoms with E-state index in [-0.39, 0.29) is 6.03 Å². The van der Waals surface area contributed by atoms with E-state index in [1.54, 1.807) is 11.3 Å². The molecule has 1 aromatic rings. The lowest BCUT2D eigenvalue weighted by Gasteiger charge is -2.36. The Morgan fingerprint density at radius 1 is 1.26 bits per heavy atom. The van der Waals surface area contributed by atoms with Crippen LogP contribution in [0.1, 0.15) is 44.0 Å². The highest BCUT2D eigenvalue weighted by molar-refractivity contribution is 7.10. The van der Waals surface area contributed by atoms with Gasteiger partial charge < -0.3 is 10.2 Å². The van der Waals surface area contributed by atoms with Crippen LogP contribution in [-0.4, -0.2) is 48.6 Å². The fourth-order valence-electron chi connectivity index (χ4n) is 3.65. The molecule has 2 aliphatic rings. The van der Waals surface area contributed by atoms with Gasteiger partial charge in [-0.25, -0.2) is 4.79 Å². The fraction of sp³-hybridized carbons (Fsp3) is 0.722. The summed E-state index contributed by atoms with van der Waals surface area (Å²) in [6.07, 6.45) is 3.66. The molecule has 23 heavy (non-hydrogen) atoms. The van der Waals surface area contributed by atoms with Gasteiger partial charge >= 0.3 is 6.03 Å². The number of piperidine rings is 1. The zero-order chi connectivity index (χ0) is 16.2. The Bertz CT molecular complexity index is 496. The maximum absolute atomic E-state index is 12.4. The van der Waals surface area contributed by atoms with Crippen LogP contribution in [0.15, 0.2) is 17.5 Å². The average Bonchev–Trinajstić information content (AvgIpc) is 3.21. The van der Waals surface area contributed by atoms with E-state index in [2.05, 4.69) is 41.6 Å². The maximum atomic E-state index is 12.4. The van der Waals surface area contributed by atoms with Crippen LogP contribution >= 0.6 is 11.3 Å². The second-order valence-electron chi connectivity index (χ2n) is 7.28. The van der Waals surface area contributed by atoms with Gasteiger partial charge in [-0.05, 0) is 55.6 Å². The number of likely N-dealkylation sites (tertiary alicyclic amines) is 2. The van der Waals surface area contributed by atoms with Crippen molar-refractivity contribution in [3.05, 3.63) is 22.4 Å². The zero-order valence-electron chi connectivity index (χ0n) is 14.3. The molecule has 0 radical (unpaired) electrons. The first-order valence-electron chi connectivity index (χ1n) is 8.93. The van der Waals surface area contributed by atoms with Crippen LogP contribution in [0.2, 0.25) is 0 Å². The van der Waals surface area contributed by atoms with Gasteiger partial charge in [0.15, 0.2) is 0 Å². The summed E-state index contributed by atoms with van der Waals surface area (Å²) in [5, 5.41) is 5.33. The Morgan fingerprint density at radius 3 is 2.61 bits per heavy atom. The van der Waals surface area contributed by atoms with Gasteiger partial charge in [0.25, 0.3) is 0 Å². The molecule has 0 aliphatic carbocycles. The summed E-state index contributed by atoms with van der Waals surface area (Å²) in [5.41, 5.74) is 0. The minimum absolute atomic E-state index is 0.112. The smallest absolute Gasteiger partial charge is 0.317 e. The Kier molecular flexibility index (Phi) is 5.59. The van der Waals surface area contributed by atoms with Crippen LogP contribution in [0.4, 0.5) is 4.79 Å². The van der Waals surface area contributed by atoms with Crippen LogP contribution in [0.25, 0.3) is 0 Å². The summed E-state index contributed by atoms with van der Waals surface area (Å²) >= 11 is 1.80. The Labute approximate surface area is 143 Å². The molecular formula is C18H29N3OS. The molecule has 3 heterocycles. The summed E-state index contributed by atoms with van der Waals surface area (Å²) in [6, 6.07) is 4.76. The van der Waals surface area contributed by atoms with E-state index in [0.717, 1.165) is 45.1 Å². The average molecular weight is 336 g/mol. The fourth-order valence-corrected chi connectivity index (χ4v) is 4.51. The second-order valence-corrected chi connectivity index (χ2v) is 8.25. The highest BCUT2D eigenvalue weighted by atomic mass is 32.1. The van der Waals surface area contributed by atoms with Crippen molar-refractivity contribution in [3.8, 4) is 0 Å². The van der Waals surface area contributed by atoms with E-state index >= 15 is 0 Å². The third-order valence-electron chi connectivity index (χ3n) is 5.29. The monoisotopic (exact) mass is 335 g/mol. The molecule has 5 heteroatoms. The van der Waals surface area contributed by atoms with Crippen molar-refractivity contribution in [1.82, 2.24) is 15.1 Å². The largest absolute Gasteiger partial charge is 0.336 e. The number of urea groups is 1. The Morgan fingerprint density at radius 2 is 2.00 bits per heavy atom. The molecule has 2 atom stereocenters. The lowest BCUT2D eigenvalue weighted by molar-refractivity contribution is 0.135. The number of hydrogen-bond donors (Lipinski definition) is 1. The molecule has 2 amide bonds. The van der Waals surface area contributed by atoms with Crippen molar-refractivity contribution in [2.75, 3.05) is 32.7 Å². The van der Waals surface area contributed by atoms with Crippen LogP contribution in [-0.2, 0) is 0 Å². The molecule has 1 aromatic heterocycles. The first kappa shape index (κ1) is 16.8. The minimum atomic E-state index is 0.112. The molecule has 2 saturated heterocycles. The molecule has 1 N–H and O–H groups in total. The van der Waals surface area contributed by atoms with Gasteiger partial charge in [-0.2, -0.15) is 0 Å². The quantitative estimate of drug-likeness (QED) is 0.913. The molecule has 3 rings (SSSR count). The zero-order valence-corrected chi connectivity index (χ0v) is 15.1. The second kappa shape index (κ2) is 7.67. The van der Waals surface area contributed by atoms with Gasteiger partial charge in [-0.1, -0.05) is 19.9 Å². The summed E-state index contributed by atoms with van der Waals surface area (Å²) in [6.45, 7) is 9.36. The topological polar surface area (TPSA) is 35.6 Å². The van der Waals surface area contributed by atoms with E-state index in [1.165, 1.54) is 17.7 Å².